The summed E-state index contributed by atoms with van der Waals surface area (Å²) in [5.74, 6) is 6.16. The van der Waals surface area contributed by atoms with Gasteiger partial charge in [0, 0.05) is 22.1 Å². The molecule has 0 spiro atoms. The highest BCUT2D eigenvalue weighted by molar-refractivity contribution is 6.35. The molecule has 2 aromatic carbocycles. The lowest BCUT2D eigenvalue weighted by molar-refractivity contribution is 0.0607. The highest BCUT2D eigenvalue weighted by Crippen LogP contribution is 2.46. The third-order valence-corrected chi connectivity index (χ3v) is 4.71. The molecule has 0 fully saturated rings. The van der Waals surface area contributed by atoms with E-state index in [1.807, 2.05) is 30.3 Å². The van der Waals surface area contributed by atoms with Crippen molar-refractivity contribution in [2.75, 3.05) is 6.61 Å². The van der Waals surface area contributed by atoms with Crippen molar-refractivity contribution in [3.8, 4) is 17.6 Å². The second-order valence-electron chi connectivity index (χ2n) is 6.40. The molecule has 1 heterocycles. The van der Waals surface area contributed by atoms with E-state index in [4.69, 9.17) is 27.9 Å². The van der Waals surface area contributed by atoms with Gasteiger partial charge in [0.25, 0.3) is 0 Å². The number of rotatable bonds is 1. The van der Waals surface area contributed by atoms with Gasteiger partial charge in [-0.05, 0) is 38.1 Å². The molecule has 0 aliphatic carbocycles. The van der Waals surface area contributed by atoms with E-state index in [1.54, 1.807) is 26.0 Å². The summed E-state index contributed by atoms with van der Waals surface area (Å²) in [7, 11) is 0. The van der Waals surface area contributed by atoms with Crippen molar-refractivity contribution in [2.24, 2.45) is 5.92 Å². The highest BCUT2D eigenvalue weighted by atomic mass is 35.5. The Kier molecular flexibility index (Phi) is 4.76. The first-order valence-electron chi connectivity index (χ1n) is 7.73. The zero-order valence-corrected chi connectivity index (χ0v) is 15.0. The predicted molar refractivity (Wildman–Crippen MR) is 96.7 cm³/mol. The summed E-state index contributed by atoms with van der Waals surface area (Å²) >= 11 is 12.4. The Hall–Kier alpha value is -1.69. The maximum Gasteiger partial charge on any atom is 0.142 e. The van der Waals surface area contributed by atoms with Gasteiger partial charge in [0.05, 0.1) is 17.5 Å². The quantitative estimate of drug-likeness (QED) is 0.575. The van der Waals surface area contributed by atoms with E-state index in [1.165, 1.54) is 0 Å². The molecule has 0 saturated carbocycles. The van der Waals surface area contributed by atoms with Crippen LogP contribution in [0.5, 0.6) is 5.75 Å². The third kappa shape index (κ3) is 3.53. The van der Waals surface area contributed by atoms with Gasteiger partial charge in [0.15, 0.2) is 0 Å². The van der Waals surface area contributed by atoms with Gasteiger partial charge in [0.1, 0.15) is 11.4 Å². The van der Waals surface area contributed by atoms with E-state index in [2.05, 4.69) is 11.8 Å². The second kappa shape index (κ2) is 6.67. The number of hydrogen-bond acceptors (Lipinski definition) is 1. The van der Waals surface area contributed by atoms with Crippen LogP contribution in [0, 0.1) is 17.8 Å². The van der Waals surface area contributed by atoms with Gasteiger partial charge in [0.2, 0.25) is 0 Å². The van der Waals surface area contributed by atoms with Crippen LogP contribution >= 0.6 is 23.2 Å². The van der Waals surface area contributed by atoms with Gasteiger partial charge in [-0.25, -0.2) is 4.39 Å². The first kappa shape index (κ1) is 17.1. The van der Waals surface area contributed by atoms with Crippen molar-refractivity contribution in [3.05, 3.63) is 63.6 Å². The van der Waals surface area contributed by atoms with Crippen molar-refractivity contribution in [1.82, 2.24) is 0 Å². The van der Waals surface area contributed by atoms with Crippen molar-refractivity contribution in [2.45, 2.75) is 25.4 Å². The molecule has 0 aromatic heterocycles. The number of alkyl halides is 1. The Balaban J connectivity index is 2.10. The monoisotopic (exact) mass is 362 g/mol. The minimum Gasteiger partial charge on any atom is -0.491 e. The highest BCUT2D eigenvalue weighted by Gasteiger charge is 2.41. The molecule has 2 aromatic rings. The largest absolute Gasteiger partial charge is 0.491 e. The Morgan fingerprint density at radius 1 is 1.17 bits per heavy atom. The van der Waals surface area contributed by atoms with Gasteiger partial charge < -0.3 is 4.74 Å². The minimum absolute atomic E-state index is 0.228. The Bertz CT molecular complexity index is 800. The van der Waals surface area contributed by atoms with Crippen molar-refractivity contribution in [1.29, 1.82) is 0 Å². The van der Waals surface area contributed by atoms with Crippen LogP contribution in [-0.2, 0) is 0 Å². The molecule has 0 N–H and O–H groups in total. The van der Waals surface area contributed by atoms with Gasteiger partial charge in [-0.3, -0.25) is 0 Å². The molecule has 0 bridgehead atoms. The molecule has 0 saturated heterocycles. The number of halogens is 3. The van der Waals surface area contributed by atoms with E-state index < -0.39 is 11.6 Å². The van der Waals surface area contributed by atoms with E-state index in [0.29, 0.717) is 15.8 Å². The maximum atomic E-state index is 14.7. The smallest absolute Gasteiger partial charge is 0.142 e. The SMILES string of the molecule is CC(C)(F)C1COc2c(Cl)cc(Cl)cc2C1C#Cc1ccccc1. The number of hydrogen-bond donors (Lipinski definition) is 0. The molecule has 0 radical (unpaired) electrons. The van der Waals surface area contributed by atoms with Crippen LogP contribution in [0.25, 0.3) is 0 Å². The summed E-state index contributed by atoms with van der Waals surface area (Å²) in [6, 6.07) is 13.0. The van der Waals surface area contributed by atoms with Gasteiger partial charge >= 0.3 is 0 Å². The first-order chi connectivity index (χ1) is 11.4. The molecule has 3 rings (SSSR count). The number of fused-ring (bicyclic) bond motifs is 1. The van der Waals surface area contributed by atoms with Crippen LogP contribution in [0.15, 0.2) is 42.5 Å². The van der Waals surface area contributed by atoms with E-state index in [0.717, 1.165) is 11.1 Å². The van der Waals surface area contributed by atoms with Crippen LogP contribution in [-0.4, -0.2) is 12.3 Å². The summed E-state index contributed by atoms with van der Waals surface area (Å²) in [4.78, 5) is 0. The fraction of sp³-hybridized carbons (Fsp3) is 0.300. The fourth-order valence-corrected chi connectivity index (χ4v) is 3.47. The van der Waals surface area contributed by atoms with E-state index in [-0.39, 0.29) is 12.5 Å². The standard InChI is InChI=1S/C20H17Cl2FO/c1-20(2,23)17-12-24-19-16(10-14(21)11-18(19)22)15(17)9-8-13-6-4-3-5-7-13/h3-7,10-11,15,17H,12H2,1-2H3. The lowest BCUT2D eigenvalue weighted by Crippen LogP contribution is -2.38. The molecular formula is C20H17Cl2FO. The van der Waals surface area contributed by atoms with Crippen LogP contribution < -0.4 is 4.74 Å². The minimum atomic E-state index is -1.44. The summed E-state index contributed by atoms with van der Waals surface area (Å²) in [6.45, 7) is 3.33. The number of ether oxygens (including phenoxy) is 1. The molecule has 0 amide bonds. The lowest BCUT2D eigenvalue weighted by atomic mass is 9.76. The summed E-state index contributed by atoms with van der Waals surface area (Å²) in [5, 5.41) is 0.922. The van der Waals surface area contributed by atoms with Crippen LogP contribution in [0.2, 0.25) is 10.0 Å². The molecule has 1 nitrogen and oxygen atoms in total. The molecule has 2 atom stereocenters. The molecule has 24 heavy (non-hydrogen) atoms. The topological polar surface area (TPSA) is 9.23 Å². The zero-order chi connectivity index (χ0) is 17.3. The Morgan fingerprint density at radius 2 is 1.88 bits per heavy atom. The van der Waals surface area contributed by atoms with Crippen molar-refractivity contribution in [3.63, 3.8) is 0 Å². The second-order valence-corrected chi connectivity index (χ2v) is 7.24. The number of benzene rings is 2. The Labute approximate surface area is 151 Å². The summed E-state index contributed by atoms with van der Waals surface area (Å²) < 4.78 is 20.5. The average Bonchev–Trinajstić information content (AvgIpc) is 2.52. The molecule has 2 unspecified atom stereocenters. The first-order valence-corrected chi connectivity index (χ1v) is 8.49. The summed E-state index contributed by atoms with van der Waals surface area (Å²) in [5.41, 5.74) is 0.190. The summed E-state index contributed by atoms with van der Waals surface area (Å²) in [6.07, 6.45) is 0. The van der Waals surface area contributed by atoms with Gasteiger partial charge in [-0.15, -0.1) is 0 Å². The fourth-order valence-electron chi connectivity index (χ4n) is 2.91. The molecule has 1 aliphatic heterocycles. The van der Waals surface area contributed by atoms with Gasteiger partial charge in [-0.2, -0.15) is 0 Å². The molecular weight excluding hydrogens is 346 g/mol. The average molecular weight is 363 g/mol. The zero-order valence-electron chi connectivity index (χ0n) is 13.4. The maximum absolute atomic E-state index is 14.7. The molecule has 4 heteroatoms. The van der Waals surface area contributed by atoms with E-state index >= 15 is 0 Å². The van der Waals surface area contributed by atoms with Gasteiger partial charge in [-0.1, -0.05) is 53.2 Å². The van der Waals surface area contributed by atoms with Crippen LogP contribution in [0.1, 0.15) is 30.9 Å². The van der Waals surface area contributed by atoms with Crippen molar-refractivity contribution < 1.29 is 9.13 Å². The van der Waals surface area contributed by atoms with E-state index in [9.17, 15) is 4.39 Å². The van der Waals surface area contributed by atoms with Crippen LogP contribution in [0.3, 0.4) is 0 Å². The third-order valence-electron chi connectivity index (χ3n) is 4.21. The molecule has 1 aliphatic rings. The van der Waals surface area contributed by atoms with Crippen molar-refractivity contribution >= 4 is 23.2 Å². The Morgan fingerprint density at radius 3 is 2.54 bits per heavy atom. The lowest BCUT2D eigenvalue weighted by Gasteiger charge is -2.36. The normalized spacial score (nSPS) is 19.7. The predicted octanol–water partition coefficient (Wildman–Crippen LogP) is 5.89. The molecule has 124 valence electrons. The van der Waals surface area contributed by atoms with Crippen LogP contribution in [0.4, 0.5) is 4.39 Å².